The molecule has 0 spiro atoms. The Morgan fingerprint density at radius 3 is 2.23 bits per heavy atom. The smallest absolute Gasteiger partial charge is 0.161 e. The molecule has 0 aliphatic carbocycles. The van der Waals surface area contributed by atoms with Crippen LogP contribution in [0.2, 0.25) is 0 Å². The Bertz CT molecular complexity index is 585. The average Bonchev–Trinajstić information content (AvgIpc) is 2.59. The first-order valence-corrected chi connectivity index (χ1v) is 6.92. The molecule has 0 fully saturated rings. The summed E-state index contributed by atoms with van der Waals surface area (Å²) in [5, 5.41) is 19.9. The van der Waals surface area contributed by atoms with Gasteiger partial charge >= 0.3 is 0 Å². The van der Waals surface area contributed by atoms with E-state index in [1.807, 2.05) is 18.2 Å². The van der Waals surface area contributed by atoms with Crippen molar-refractivity contribution < 1.29 is 24.4 Å². The lowest BCUT2D eigenvalue weighted by molar-refractivity contribution is 0.000665. The number of ether oxygens (including phenoxy) is 3. The summed E-state index contributed by atoms with van der Waals surface area (Å²) in [4.78, 5) is 0. The maximum absolute atomic E-state index is 10.4. The number of benzene rings is 2. The van der Waals surface area contributed by atoms with Crippen LogP contribution in [0.25, 0.3) is 0 Å². The van der Waals surface area contributed by atoms with Crippen molar-refractivity contribution >= 4 is 0 Å². The lowest BCUT2D eigenvalue weighted by Gasteiger charge is -2.23. The highest BCUT2D eigenvalue weighted by molar-refractivity contribution is 5.43. The van der Waals surface area contributed by atoms with Gasteiger partial charge in [-0.05, 0) is 29.8 Å². The normalized spacial score (nSPS) is 13.3. The first-order valence-electron chi connectivity index (χ1n) is 6.92. The zero-order valence-electron chi connectivity index (χ0n) is 12.6. The summed E-state index contributed by atoms with van der Waals surface area (Å²) in [5.74, 6) is 1.67. The van der Waals surface area contributed by atoms with Crippen molar-refractivity contribution in [2.45, 2.75) is 12.2 Å². The second kappa shape index (κ2) is 7.68. The minimum absolute atomic E-state index is 0.315. The van der Waals surface area contributed by atoms with Gasteiger partial charge in [0.1, 0.15) is 11.9 Å². The van der Waals surface area contributed by atoms with Gasteiger partial charge in [0.25, 0.3) is 0 Å². The molecule has 2 rings (SSSR count). The lowest BCUT2D eigenvalue weighted by Crippen LogP contribution is -2.29. The molecule has 0 bridgehead atoms. The van der Waals surface area contributed by atoms with E-state index in [0.717, 1.165) is 0 Å². The van der Waals surface area contributed by atoms with E-state index in [2.05, 4.69) is 0 Å². The predicted molar refractivity (Wildman–Crippen MR) is 82.4 cm³/mol. The molecular formula is C17H20O5. The summed E-state index contributed by atoms with van der Waals surface area (Å²) in [7, 11) is 3.07. The third kappa shape index (κ3) is 3.69. The molecule has 2 unspecified atom stereocenters. The Kier molecular flexibility index (Phi) is 5.63. The van der Waals surface area contributed by atoms with E-state index in [9.17, 15) is 10.2 Å². The minimum Gasteiger partial charge on any atom is -0.493 e. The molecule has 2 aromatic carbocycles. The van der Waals surface area contributed by atoms with Gasteiger partial charge in [0.05, 0.1) is 20.8 Å². The largest absolute Gasteiger partial charge is 0.493 e. The number of hydrogen-bond donors (Lipinski definition) is 2. The summed E-state index contributed by atoms with van der Waals surface area (Å²) in [6.45, 7) is -0.315. The monoisotopic (exact) mass is 304 g/mol. The molecule has 5 heteroatoms. The number of aliphatic hydroxyl groups excluding tert-OH is 2. The third-order valence-corrected chi connectivity index (χ3v) is 3.31. The molecule has 118 valence electrons. The van der Waals surface area contributed by atoms with Crippen molar-refractivity contribution in [1.82, 2.24) is 0 Å². The van der Waals surface area contributed by atoms with Gasteiger partial charge in [0.2, 0.25) is 0 Å². The highest BCUT2D eigenvalue weighted by atomic mass is 16.5. The zero-order chi connectivity index (χ0) is 15.9. The first kappa shape index (κ1) is 16.1. The maximum Gasteiger partial charge on any atom is 0.161 e. The van der Waals surface area contributed by atoms with Crippen molar-refractivity contribution in [2.24, 2.45) is 0 Å². The minimum atomic E-state index is -0.995. The molecule has 0 saturated heterocycles. The molecule has 0 heterocycles. The SMILES string of the molecule is COc1ccc(C(O)C(CO)Oc2ccccc2)cc1OC. The number of para-hydroxylation sites is 1. The van der Waals surface area contributed by atoms with Crippen LogP contribution in [-0.2, 0) is 0 Å². The van der Waals surface area contributed by atoms with Crippen molar-refractivity contribution in [2.75, 3.05) is 20.8 Å². The Balaban J connectivity index is 2.19. The first-order chi connectivity index (χ1) is 10.7. The van der Waals surface area contributed by atoms with Crippen molar-refractivity contribution in [3.63, 3.8) is 0 Å². The van der Waals surface area contributed by atoms with Gasteiger partial charge in [-0.1, -0.05) is 24.3 Å². The molecule has 2 atom stereocenters. The van der Waals surface area contributed by atoms with Crippen molar-refractivity contribution in [1.29, 1.82) is 0 Å². The standard InChI is InChI=1S/C17H20O5/c1-20-14-9-8-12(10-15(14)21-2)17(19)16(11-18)22-13-6-4-3-5-7-13/h3-10,16-19H,11H2,1-2H3. The Hall–Kier alpha value is -2.24. The van der Waals surface area contributed by atoms with E-state index in [0.29, 0.717) is 22.8 Å². The fourth-order valence-electron chi connectivity index (χ4n) is 2.13. The lowest BCUT2D eigenvalue weighted by atomic mass is 10.0. The van der Waals surface area contributed by atoms with Gasteiger partial charge in [-0.25, -0.2) is 0 Å². The molecule has 2 aromatic rings. The van der Waals surface area contributed by atoms with Gasteiger partial charge < -0.3 is 24.4 Å². The molecule has 2 N–H and O–H groups in total. The third-order valence-electron chi connectivity index (χ3n) is 3.31. The molecule has 0 saturated carbocycles. The average molecular weight is 304 g/mol. The molecule has 22 heavy (non-hydrogen) atoms. The van der Waals surface area contributed by atoms with Crippen LogP contribution in [0.4, 0.5) is 0 Å². The van der Waals surface area contributed by atoms with Gasteiger partial charge in [-0.15, -0.1) is 0 Å². The van der Waals surface area contributed by atoms with Crippen LogP contribution >= 0.6 is 0 Å². The van der Waals surface area contributed by atoms with Crippen LogP contribution in [0, 0.1) is 0 Å². The summed E-state index contributed by atoms with van der Waals surface area (Å²) in [6, 6.07) is 14.1. The van der Waals surface area contributed by atoms with Gasteiger partial charge in [0, 0.05) is 0 Å². The highest BCUT2D eigenvalue weighted by Gasteiger charge is 2.23. The number of aliphatic hydroxyl groups is 2. The number of methoxy groups -OCH3 is 2. The van der Waals surface area contributed by atoms with Crippen LogP contribution < -0.4 is 14.2 Å². The Morgan fingerprint density at radius 2 is 1.64 bits per heavy atom. The zero-order valence-corrected chi connectivity index (χ0v) is 12.6. The van der Waals surface area contributed by atoms with Gasteiger partial charge in [-0.2, -0.15) is 0 Å². The van der Waals surface area contributed by atoms with E-state index in [4.69, 9.17) is 14.2 Å². The maximum atomic E-state index is 10.4. The Labute approximate surface area is 129 Å². The second-order valence-corrected chi connectivity index (χ2v) is 4.71. The molecule has 5 nitrogen and oxygen atoms in total. The molecule has 0 aliphatic rings. The van der Waals surface area contributed by atoms with E-state index < -0.39 is 12.2 Å². The van der Waals surface area contributed by atoms with Crippen LogP contribution in [0.5, 0.6) is 17.2 Å². The van der Waals surface area contributed by atoms with E-state index >= 15 is 0 Å². The van der Waals surface area contributed by atoms with Crippen LogP contribution in [0.1, 0.15) is 11.7 Å². The van der Waals surface area contributed by atoms with Gasteiger partial charge in [0.15, 0.2) is 17.6 Å². The summed E-state index contributed by atoms with van der Waals surface area (Å²) < 4.78 is 16.0. The fraction of sp³-hybridized carbons (Fsp3) is 0.294. The molecule has 0 radical (unpaired) electrons. The summed E-state index contributed by atoms with van der Waals surface area (Å²) in [6.07, 6.45) is -1.77. The van der Waals surface area contributed by atoms with Crippen LogP contribution in [0.15, 0.2) is 48.5 Å². The molecule has 0 amide bonds. The fourth-order valence-corrected chi connectivity index (χ4v) is 2.13. The summed E-state index contributed by atoms with van der Waals surface area (Å²) in [5.41, 5.74) is 0.577. The molecule has 0 aromatic heterocycles. The number of rotatable bonds is 7. The van der Waals surface area contributed by atoms with E-state index in [1.165, 1.54) is 7.11 Å². The van der Waals surface area contributed by atoms with Crippen molar-refractivity contribution in [3.8, 4) is 17.2 Å². The van der Waals surface area contributed by atoms with E-state index in [1.54, 1.807) is 37.4 Å². The quantitative estimate of drug-likeness (QED) is 0.820. The topological polar surface area (TPSA) is 68.2 Å². The molecule has 0 aliphatic heterocycles. The number of hydrogen-bond acceptors (Lipinski definition) is 5. The second-order valence-electron chi connectivity index (χ2n) is 4.71. The summed E-state index contributed by atoms with van der Waals surface area (Å²) >= 11 is 0. The van der Waals surface area contributed by atoms with Crippen molar-refractivity contribution in [3.05, 3.63) is 54.1 Å². The Morgan fingerprint density at radius 1 is 0.955 bits per heavy atom. The predicted octanol–water partition coefficient (Wildman–Crippen LogP) is 2.18. The van der Waals surface area contributed by atoms with Crippen LogP contribution in [-0.4, -0.2) is 37.1 Å². The van der Waals surface area contributed by atoms with E-state index in [-0.39, 0.29) is 6.61 Å². The van der Waals surface area contributed by atoms with Gasteiger partial charge in [-0.3, -0.25) is 0 Å². The molecular weight excluding hydrogens is 284 g/mol. The highest BCUT2D eigenvalue weighted by Crippen LogP contribution is 2.31. The van der Waals surface area contributed by atoms with Crippen LogP contribution in [0.3, 0.4) is 0 Å².